The van der Waals surface area contributed by atoms with Gasteiger partial charge in [-0.15, -0.1) is 11.3 Å². The Balaban J connectivity index is 2.45. The predicted molar refractivity (Wildman–Crippen MR) is 81.6 cm³/mol. The summed E-state index contributed by atoms with van der Waals surface area (Å²) in [6.07, 6.45) is -1.02. The van der Waals surface area contributed by atoms with Gasteiger partial charge in [-0.1, -0.05) is 6.07 Å². The average molecular weight is 342 g/mol. The van der Waals surface area contributed by atoms with Crippen LogP contribution in [0.25, 0.3) is 0 Å². The maximum atomic E-state index is 11.8. The molecule has 0 fully saturated rings. The van der Waals surface area contributed by atoms with Gasteiger partial charge in [0.1, 0.15) is 0 Å². The number of hydrogen-bond acceptors (Lipinski definition) is 7. The molecule has 1 atom stereocenters. The maximum Gasteiger partial charge on any atom is 0.413 e. The smallest absolute Gasteiger partial charge is 0.413 e. The average Bonchev–Trinajstić information content (AvgIpc) is 2.98. The molecule has 1 heterocycles. The molecule has 126 valence electrons. The first-order valence-electron chi connectivity index (χ1n) is 6.85. The van der Waals surface area contributed by atoms with E-state index in [1.807, 2.05) is 10.7 Å². The molecule has 0 aliphatic rings. The van der Waals surface area contributed by atoms with Crippen molar-refractivity contribution in [3.63, 3.8) is 0 Å². The number of carbonyl (C=O) groups excluding carboxylic acids is 4. The van der Waals surface area contributed by atoms with Crippen LogP contribution in [0.1, 0.15) is 31.2 Å². The molecule has 3 amide bonds. The van der Waals surface area contributed by atoms with Gasteiger partial charge in [-0.2, -0.15) is 0 Å². The van der Waals surface area contributed by atoms with Gasteiger partial charge in [-0.25, -0.2) is 4.79 Å². The lowest BCUT2D eigenvalue weighted by atomic mass is 10.1. The van der Waals surface area contributed by atoms with Gasteiger partial charge in [0.25, 0.3) is 5.91 Å². The number of imide groups is 1. The molecule has 0 radical (unpaired) electrons. The molecule has 0 bridgehead atoms. The SMILES string of the molecule is CCOC(=O)NC(=O)COC(=O)CC(NC(C)=O)c1cccs1. The summed E-state index contributed by atoms with van der Waals surface area (Å²) in [5, 5.41) is 6.37. The molecule has 0 saturated heterocycles. The number of rotatable bonds is 7. The largest absolute Gasteiger partial charge is 0.455 e. The molecule has 0 saturated carbocycles. The third-order valence-electron chi connectivity index (χ3n) is 2.52. The first kappa shape index (κ1) is 18.6. The van der Waals surface area contributed by atoms with Crippen molar-refractivity contribution in [3.05, 3.63) is 22.4 Å². The number of hydrogen-bond donors (Lipinski definition) is 2. The van der Waals surface area contributed by atoms with Crippen LogP contribution in [0.2, 0.25) is 0 Å². The molecule has 23 heavy (non-hydrogen) atoms. The Morgan fingerprint density at radius 3 is 2.57 bits per heavy atom. The minimum atomic E-state index is -0.900. The summed E-state index contributed by atoms with van der Waals surface area (Å²) >= 11 is 1.39. The number of alkyl carbamates (subject to hydrolysis) is 1. The highest BCUT2D eigenvalue weighted by molar-refractivity contribution is 7.10. The molecule has 8 nitrogen and oxygen atoms in total. The van der Waals surface area contributed by atoms with E-state index in [0.717, 1.165) is 4.88 Å². The number of carbonyl (C=O) groups is 4. The summed E-state index contributed by atoms with van der Waals surface area (Å²) in [7, 11) is 0. The topological polar surface area (TPSA) is 111 Å². The van der Waals surface area contributed by atoms with E-state index >= 15 is 0 Å². The normalized spacial score (nSPS) is 11.2. The number of thiophene rings is 1. The van der Waals surface area contributed by atoms with Crippen LogP contribution in [-0.4, -0.2) is 37.1 Å². The van der Waals surface area contributed by atoms with Gasteiger partial charge in [0.2, 0.25) is 5.91 Å². The highest BCUT2D eigenvalue weighted by atomic mass is 32.1. The van der Waals surface area contributed by atoms with E-state index in [1.165, 1.54) is 18.3 Å². The zero-order valence-electron chi connectivity index (χ0n) is 12.8. The Morgan fingerprint density at radius 2 is 2.00 bits per heavy atom. The van der Waals surface area contributed by atoms with E-state index in [4.69, 9.17) is 4.74 Å². The summed E-state index contributed by atoms with van der Waals surface area (Å²) in [5.74, 6) is -1.74. The van der Waals surface area contributed by atoms with E-state index < -0.39 is 30.6 Å². The van der Waals surface area contributed by atoms with Crippen LogP contribution in [0.4, 0.5) is 4.79 Å². The number of esters is 1. The van der Waals surface area contributed by atoms with E-state index in [9.17, 15) is 19.2 Å². The van der Waals surface area contributed by atoms with Crippen molar-refractivity contribution in [2.24, 2.45) is 0 Å². The van der Waals surface area contributed by atoms with E-state index in [0.29, 0.717) is 0 Å². The van der Waals surface area contributed by atoms with Gasteiger partial charge in [-0.3, -0.25) is 19.7 Å². The molecule has 9 heteroatoms. The van der Waals surface area contributed by atoms with Crippen molar-refractivity contribution in [3.8, 4) is 0 Å². The molecule has 0 aliphatic carbocycles. The minimum absolute atomic E-state index is 0.118. The van der Waals surface area contributed by atoms with Crippen molar-refractivity contribution in [1.29, 1.82) is 0 Å². The molecular weight excluding hydrogens is 324 g/mol. The summed E-state index contributed by atoms with van der Waals surface area (Å²) in [6, 6.07) is 3.06. The Labute approximate surface area is 137 Å². The zero-order chi connectivity index (χ0) is 17.2. The van der Waals surface area contributed by atoms with Crippen molar-refractivity contribution < 1.29 is 28.7 Å². The summed E-state index contributed by atoms with van der Waals surface area (Å²) in [5.41, 5.74) is 0. The highest BCUT2D eigenvalue weighted by Crippen LogP contribution is 2.22. The maximum absolute atomic E-state index is 11.8. The first-order valence-corrected chi connectivity index (χ1v) is 7.73. The van der Waals surface area contributed by atoms with Gasteiger partial charge in [0.15, 0.2) is 6.61 Å². The summed E-state index contributed by atoms with van der Waals surface area (Å²) in [4.78, 5) is 46.2. The Kier molecular flexibility index (Phi) is 7.75. The standard InChI is InChI=1S/C14H18N2O6S/c1-3-21-14(20)16-12(18)8-22-13(19)7-10(15-9(2)17)11-5-4-6-23-11/h4-6,10H,3,7-8H2,1-2H3,(H,15,17)(H,16,18,20). The van der Waals surface area contributed by atoms with Crippen molar-refractivity contribution in [2.45, 2.75) is 26.3 Å². The second kappa shape index (κ2) is 9.57. The quantitative estimate of drug-likeness (QED) is 0.719. The van der Waals surface area contributed by atoms with Gasteiger partial charge < -0.3 is 14.8 Å². The highest BCUT2D eigenvalue weighted by Gasteiger charge is 2.20. The lowest BCUT2D eigenvalue weighted by Crippen LogP contribution is -2.35. The fraction of sp³-hybridized carbons (Fsp3) is 0.429. The van der Waals surface area contributed by atoms with E-state index in [-0.39, 0.29) is 18.9 Å². The minimum Gasteiger partial charge on any atom is -0.455 e. The van der Waals surface area contributed by atoms with Gasteiger partial charge in [0.05, 0.1) is 19.1 Å². The van der Waals surface area contributed by atoms with E-state index in [2.05, 4.69) is 10.1 Å². The van der Waals surface area contributed by atoms with Gasteiger partial charge in [-0.05, 0) is 18.4 Å². The second-order valence-corrected chi connectivity index (χ2v) is 5.38. The number of nitrogens with one attached hydrogen (secondary N) is 2. The molecule has 1 aromatic rings. The molecule has 1 unspecified atom stereocenters. The van der Waals surface area contributed by atoms with Gasteiger partial charge >= 0.3 is 12.1 Å². The van der Waals surface area contributed by atoms with Gasteiger partial charge in [0, 0.05) is 11.8 Å². The van der Waals surface area contributed by atoms with Crippen LogP contribution in [-0.2, 0) is 23.9 Å². The molecule has 0 aromatic carbocycles. The lowest BCUT2D eigenvalue weighted by molar-refractivity contribution is -0.149. The first-order chi connectivity index (χ1) is 10.9. The van der Waals surface area contributed by atoms with Crippen LogP contribution in [0.5, 0.6) is 0 Å². The van der Waals surface area contributed by atoms with Crippen LogP contribution >= 0.6 is 11.3 Å². The van der Waals surface area contributed by atoms with Crippen LogP contribution < -0.4 is 10.6 Å². The predicted octanol–water partition coefficient (Wildman–Crippen LogP) is 1.13. The molecule has 1 rings (SSSR count). The van der Waals surface area contributed by atoms with Crippen LogP contribution in [0.15, 0.2) is 17.5 Å². The third kappa shape index (κ3) is 7.41. The molecular formula is C14H18N2O6S. The van der Waals surface area contributed by atoms with Crippen molar-refractivity contribution >= 4 is 35.2 Å². The van der Waals surface area contributed by atoms with Crippen molar-refractivity contribution in [1.82, 2.24) is 10.6 Å². The van der Waals surface area contributed by atoms with Crippen LogP contribution in [0, 0.1) is 0 Å². The molecule has 2 N–H and O–H groups in total. The van der Waals surface area contributed by atoms with Crippen molar-refractivity contribution in [2.75, 3.05) is 13.2 Å². The monoisotopic (exact) mass is 342 g/mol. The number of amides is 3. The Morgan fingerprint density at radius 1 is 1.26 bits per heavy atom. The lowest BCUT2D eigenvalue weighted by Gasteiger charge is -2.15. The fourth-order valence-corrected chi connectivity index (χ4v) is 2.42. The Bertz CT molecular complexity index is 558. The summed E-state index contributed by atoms with van der Waals surface area (Å²) < 4.78 is 9.31. The molecule has 1 aromatic heterocycles. The second-order valence-electron chi connectivity index (χ2n) is 4.40. The summed E-state index contributed by atoms with van der Waals surface area (Å²) in [6.45, 7) is 2.46. The molecule has 0 aliphatic heterocycles. The zero-order valence-corrected chi connectivity index (χ0v) is 13.6. The fourth-order valence-electron chi connectivity index (χ4n) is 1.65. The van der Waals surface area contributed by atoms with Crippen LogP contribution in [0.3, 0.4) is 0 Å². The van der Waals surface area contributed by atoms with E-state index in [1.54, 1.807) is 19.1 Å². The number of ether oxygens (including phenoxy) is 2. The molecule has 0 spiro atoms. The Hall–Kier alpha value is -2.42. The third-order valence-corrected chi connectivity index (χ3v) is 3.50.